The van der Waals surface area contributed by atoms with E-state index in [1.165, 1.54) is 29.5 Å². The lowest BCUT2D eigenvalue weighted by Gasteiger charge is -2.08. The molecule has 0 atom stereocenters. The van der Waals surface area contributed by atoms with Crippen LogP contribution in [0.25, 0.3) is 0 Å². The molecule has 1 aromatic carbocycles. The van der Waals surface area contributed by atoms with Gasteiger partial charge < -0.3 is 16.0 Å². The second-order valence-corrected chi connectivity index (χ2v) is 6.18. The van der Waals surface area contributed by atoms with Gasteiger partial charge in [-0.05, 0) is 36.1 Å². The molecular formula is C17H18FN3O3S. The predicted octanol–water partition coefficient (Wildman–Crippen LogP) is 1.47. The number of benzene rings is 1. The van der Waals surface area contributed by atoms with Gasteiger partial charge in [0.25, 0.3) is 11.8 Å². The van der Waals surface area contributed by atoms with Gasteiger partial charge in [-0.1, -0.05) is 12.1 Å². The summed E-state index contributed by atoms with van der Waals surface area (Å²) in [6.45, 7) is 1.87. The molecule has 2 rings (SSSR count). The molecule has 3 amide bonds. The Morgan fingerprint density at radius 2 is 1.80 bits per heavy atom. The normalized spacial score (nSPS) is 10.2. The van der Waals surface area contributed by atoms with Crippen molar-refractivity contribution in [2.45, 2.75) is 6.92 Å². The van der Waals surface area contributed by atoms with Crippen LogP contribution in [0.3, 0.4) is 0 Å². The van der Waals surface area contributed by atoms with Crippen molar-refractivity contribution in [3.8, 4) is 0 Å². The third kappa shape index (κ3) is 5.68. The summed E-state index contributed by atoms with van der Waals surface area (Å²) in [5, 5.41) is 9.43. The van der Waals surface area contributed by atoms with E-state index in [0.717, 1.165) is 0 Å². The second-order valence-electron chi connectivity index (χ2n) is 5.23. The Bertz CT molecular complexity index is 763. The minimum absolute atomic E-state index is 0.145. The molecule has 6 nitrogen and oxygen atoms in total. The summed E-state index contributed by atoms with van der Waals surface area (Å²) in [7, 11) is 0. The zero-order valence-corrected chi connectivity index (χ0v) is 14.4. The lowest BCUT2D eigenvalue weighted by molar-refractivity contribution is -0.120. The molecule has 2 aromatic rings. The first-order chi connectivity index (χ1) is 12.0. The van der Waals surface area contributed by atoms with E-state index in [0.29, 0.717) is 10.4 Å². The third-order valence-corrected chi connectivity index (χ3v) is 4.19. The summed E-state index contributed by atoms with van der Waals surface area (Å²) in [5.74, 6) is -1.53. The van der Waals surface area contributed by atoms with Gasteiger partial charge in [-0.2, -0.15) is 0 Å². The number of thiophene rings is 1. The van der Waals surface area contributed by atoms with Crippen LogP contribution in [0.15, 0.2) is 35.7 Å². The van der Waals surface area contributed by atoms with Gasteiger partial charge in [0.15, 0.2) is 0 Å². The third-order valence-electron chi connectivity index (χ3n) is 3.32. The summed E-state index contributed by atoms with van der Waals surface area (Å²) in [6.07, 6.45) is 0. The van der Waals surface area contributed by atoms with E-state index < -0.39 is 11.7 Å². The van der Waals surface area contributed by atoms with Crippen molar-refractivity contribution >= 4 is 29.1 Å². The molecule has 1 aromatic heterocycles. The minimum atomic E-state index is -0.442. The van der Waals surface area contributed by atoms with Crippen molar-refractivity contribution in [1.82, 2.24) is 16.0 Å². The largest absolute Gasteiger partial charge is 0.353 e. The highest BCUT2D eigenvalue weighted by Gasteiger charge is 2.09. The fraction of sp³-hybridized carbons (Fsp3) is 0.235. The first kappa shape index (κ1) is 18.6. The van der Waals surface area contributed by atoms with Gasteiger partial charge in [-0.3, -0.25) is 14.4 Å². The fourth-order valence-electron chi connectivity index (χ4n) is 1.93. The molecule has 0 aliphatic rings. The van der Waals surface area contributed by atoms with E-state index in [1.54, 1.807) is 24.4 Å². The maximum atomic E-state index is 13.4. The number of hydrogen-bond acceptors (Lipinski definition) is 4. The van der Waals surface area contributed by atoms with E-state index in [4.69, 9.17) is 0 Å². The maximum absolute atomic E-state index is 13.4. The number of rotatable bonds is 7. The highest BCUT2D eigenvalue weighted by Crippen LogP contribution is 2.09. The Morgan fingerprint density at radius 1 is 1.04 bits per heavy atom. The zero-order chi connectivity index (χ0) is 18.2. The van der Waals surface area contributed by atoms with Gasteiger partial charge in [0, 0.05) is 18.7 Å². The van der Waals surface area contributed by atoms with Gasteiger partial charge in [0.2, 0.25) is 5.91 Å². The smallest absolute Gasteiger partial charge is 0.261 e. The van der Waals surface area contributed by atoms with Crippen molar-refractivity contribution < 1.29 is 18.8 Å². The Hall–Kier alpha value is -2.74. The summed E-state index contributed by atoms with van der Waals surface area (Å²) in [5.41, 5.74) is 0.686. The average Bonchev–Trinajstić information content (AvgIpc) is 3.13. The topological polar surface area (TPSA) is 87.3 Å². The second kappa shape index (κ2) is 8.93. The highest BCUT2D eigenvalue weighted by molar-refractivity contribution is 7.12. The Balaban J connectivity index is 1.65. The standard InChI is InChI=1S/C17H18FN3O3S/c1-11-4-5-12(9-13(11)18)16(23)20-7-6-19-15(22)10-21-17(24)14-3-2-8-25-14/h2-5,8-9H,6-7,10H2,1H3,(H,19,22)(H,20,23)(H,21,24). The van der Waals surface area contributed by atoms with Crippen LogP contribution >= 0.6 is 11.3 Å². The lowest BCUT2D eigenvalue weighted by Crippen LogP contribution is -2.40. The summed E-state index contributed by atoms with van der Waals surface area (Å²) < 4.78 is 13.4. The van der Waals surface area contributed by atoms with Crippen molar-refractivity contribution in [2.75, 3.05) is 19.6 Å². The first-order valence-electron chi connectivity index (χ1n) is 7.60. The summed E-state index contributed by atoms with van der Waals surface area (Å²) in [6, 6.07) is 7.65. The Morgan fingerprint density at radius 3 is 2.48 bits per heavy atom. The Kier molecular flexibility index (Phi) is 6.64. The highest BCUT2D eigenvalue weighted by atomic mass is 32.1. The van der Waals surface area contributed by atoms with Gasteiger partial charge in [-0.15, -0.1) is 11.3 Å². The molecule has 25 heavy (non-hydrogen) atoms. The number of halogens is 1. The molecule has 1 heterocycles. The van der Waals surface area contributed by atoms with Crippen LogP contribution in [0, 0.1) is 12.7 Å². The number of amides is 3. The molecule has 0 bridgehead atoms. The van der Waals surface area contributed by atoms with Gasteiger partial charge in [0.1, 0.15) is 5.82 Å². The van der Waals surface area contributed by atoms with Gasteiger partial charge in [0.05, 0.1) is 11.4 Å². The Labute approximate surface area is 148 Å². The van der Waals surface area contributed by atoms with E-state index in [2.05, 4.69) is 16.0 Å². The predicted molar refractivity (Wildman–Crippen MR) is 93.1 cm³/mol. The number of carbonyl (C=O) groups excluding carboxylic acids is 3. The van der Waals surface area contributed by atoms with E-state index in [9.17, 15) is 18.8 Å². The van der Waals surface area contributed by atoms with E-state index in [1.807, 2.05) is 0 Å². The van der Waals surface area contributed by atoms with Gasteiger partial charge in [-0.25, -0.2) is 4.39 Å². The molecule has 132 valence electrons. The number of aryl methyl sites for hydroxylation is 1. The monoisotopic (exact) mass is 363 g/mol. The molecule has 0 fully saturated rings. The number of nitrogens with one attached hydrogen (secondary N) is 3. The fourth-order valence-corrected chi connectivity index (χ4v) is 2.57. The van der Waals surface area contributed by atoms with Crippen LogP contribution in [-0.2, 0) is 4.79 Å². The van der Waals surface area contributed by atoms with Crippen LogP contribution in [0.1, 0.15) is 25.6 Å². The summed E-state index contributed by atoms with van der Waals surface area (Å²) >= 11 is 1.29. The van der Waals surface area contributed by atoms with Gasteiger partial charge >= 0.3 is 0 Å². The first-order valence-corrected chi connectivity index (χ1v) is 8.48. The van der Waals surface area contributed by atoms with Crippen LogP contribution < -0.4 is 16.0 Å². The van der Waals surface area contributed by atoms with Crippen LogP contribution in [0.2, 0.25) is 0 Å². The SMILES string of the molecule is Cc1ccc(C(=O)NCCNC(=O)CNC(=O)c2cccs2)cc1F. The van der Waals surface area contributed by atoms with Crippen LogP contribution in [-0.4, -0.2) is 37.4 Å². The minimum Gasteiger partial charge on any atom is -0.353 e. The summed E-state index contributed by atoms with van der Waals surface area (Å²) in [4.78, 5) is 35.7. The molecule has 0 aliphatic heterocycles. The molecular weight excluding hydrogens is 345 g/mol. The molecule has 0 radical (unpaired) electrons. The molecule has 0 saturated carbocycles. The zero-order valence-electron chi connectivity index (χ0n) is 13.6. The van der Waals surface area contributed by atoms with Crippen molar-refractivity contribution in [3.63, 3.8) is 0 Å². The number of hydrogen-bond donors (Lipinski definition) is 3. The van der Waals surface area contributed by atoms with Crippen LogP contribution in [0.4, 0.5) is 4.39 Å². The van der Waals surface area contributed by atoms with Crippen molar-refractivity contribution in [3.05, 3.63) is 57.5 Å². The lowest BCUT2D eigenvalue weighted by atomic mass is 10.1. The molecule has 3 N–H and O–H groups in total. The quantitative estimate of drug-likeness (QED) is 0.651. The van der Waals surface area contributed by atoms with Crippen molar-refractivity contribution in [1.29, 1.82) is 0 Å². The molecule has 0 saturated heterocycles. The van der Waals surface area contributed by atoms with Crippen molar-refractivity contribution in [2.24, 2.45) is 0 Å². The average molecular weight is 363 g/mol. The molecule has 8 heteroatoms. The van der Waals surface area contributed by atoms with Crippen LogP contribution in [0.5, 0.6) is 0 Å². The molecule has 0 unspecified atom stereocenters. The number of carbonyl (C=O) groups is 3. The maximum Gasteiger partial charge on any atom is 0.261 e. The molecule has 0 spiro atoms. The van der Waals surface area contributed by atoms with E-state index in [-0.39, 0.29) is 37.0 Å². The van der Waals surface area contributed by atoms with E-state index >= 15 is 0 Å². The molecule has 0 aliphatic carbocycles.